The number of rotatable bonds is 2. The molecule has 7 heteroatoms. The normalized spacial score (nSPS) is 10.7. The molecule has 0 atom stereocenters. The van der Waals surface area contributed by atoms with Gasteiger partial charge in [-0.25, -0.2) is 18.7 Å². The lowest BCUT2D eigenvalue weighted by molar-refractivity contribution is 0.573. The monoisotopic (exact) mass is 352 g/mol. The van der Waals surface area contributed by atoms with Crippen molar-refractivity contribution in [3.05, 3.63) is 56.0 Å². The molecule has 0 aliphatic heterocycles. The molecule has 94 valence electrons. The Kier molecular flexibility index (Phi) is 4.14. The second kappa shape index (κ2) is 5.47. The Labute approximate surface area is 120 Å². The molecule has 0 aliphatic rings. The van der Waals surface area contributed by atoms with Gasteiger partial charge >= 0.3 is 0 Å². The Hall–Kier alpha value is -0.780. The Morgan fingerprint density at radius 2 is 1.72 bits per heavy atom. The molecule has 0 radical (unpaired) electrons. The third kappa shape index (κ3) is 2.96. The van der Waals surface area contributed by atoms with Crippen LogP contribution in [0.2, 0.25) is 10.3 Å². The second-order valence-electron chi connectivity index (χ2n) is 3.45. The number of nitrogens with zero attached hydrogens (tertiary/aromatic N) is 2. The zero-order chi connectivity index (χ0) is 13.3. The first kappa shape index (κ1) is 13.6. The summed E-state index contributed by atoms with van der Waals surface area (Å²) in [5.41, 5.74) is 0.269. The van der Waals surface area contributed by atoms with Crippen LogP contribution in [0.3, 0.4) is 0 Å². The van der Waals surface area contributed by atoms with Crippen LogP contribution in [-0.2, 0) is 6.42 Å². The predicted molar refractivity (Wildman–Crippen MR) is 68.9 cm³/mol. The van der Waals surface area contributed by atoms with Gasteiger partial charge < -0.3 is 0 Å². The molecule has 2 aromatic rings. The average Bonchev–Trinajstić information content (AvgIpc) is 2.29. The summed E-state index contributed by atoms with van der Waals surface area (Å²) in [4.78, 5) is 7.91. The van der Waals surface area contributed by atoms with Gasteiger partial charge in [-0.05, 0) is 27.6 Å². The van der Waals surface area contributed by atoms with E-state index in [2.05, 4.69) is 25.9 Å². The number of benzene rings is 1. The standard InChI is InChI=1S/C11H5BrCl2F2N2/c12-9-10(13)17-8(18-11(9)14)3-5-1-2-6(15)4-7(5)16/h1-2,4H,3H2. The minimum absolute atomic E-state index is 0.0822. The Bertz CT molecular complexity index is 585. The molecule has 1 heterocycles. The van der Waals surface area contributed by atoms with Crippen molar-refractivity contribution < 1.29 is 8.78 Å². The highest BCUT2D eigenvalue weighted by Gasteiger charge is 2.11. The lowest BCUT2D eigenvalue weighted by Gasteiger charge is -2.05. The maximum atomic E-state index is 13.4. The molecular weight excluding hydrogens is 349 g/mol. The molecule has 0 bridgehead atoms. The predicted octanol–water partition coefficient (Wildman–Crippen LogP) is 4.41. The lowest BCUT2D eigenvalue weighted by Crippen LogP contribution is -2.00. The van der Waals surface area contributed by atoms with E-state index in [1.165, 1.54) is 12.1 Å². The summed E-state index contributed by atoms with van der Waals surface area (Å²) in [5, 5.41) is 0.292. The summed E-state index contributed by atoms with van der Waals surface area (Å²) >= 11 is 14.7. The van der Waals surface area contributed by atoms with E-state index in [4.69, 9.17) is 23.2 Å². The van der Waals surface area contributed by atoms with Crippen LogP contribution < -0.4 is 0 Å². The molecule has 0 fully saturated rings. The third-order valence-corrected chi connectivity index (χ3v) is 3.94. The first-order chi connectivity index (χ1) is 8.47. The van der Waals surface area contributed by atoms with Crippen molar-refractivity contribution in [3.63, 3.8) is 0 Å². The maximum absolute atomic E-state index is 13.4. The first-order valence-corrected chi connectivity index (χ1v) is 6.33. The number of hydrogen-bond donors (Lipinski definition) is 0. The molecule has 0 unspecified atom stereocenters. The van der Waals surface area contributed by atoms with E-state index in [9.17, 15) is 8.78 Å². The average molecular weight is 354 g/mol. The highest BCUT2D eigenvalue weighted by Crippen LogP contribution is 2.27. The molecule has 1 aromatic carbocycles. The van der Waals surface area contributed by atoms with Crippen LogP contribution in [0.1, 0.15) is 11.4 Å². The van der Waals surface area contributed by atoms with Crippen LogP contribution in [0.5, 0.6) is 0 Å². The fourth-order valence-corrected chi connectivity index (χ4v) is 1.95. The topological polar surface area (TPSA) is 25.8 Å². The Balaban J connectivity index is 2.34. The second-order valence-corrected chi connectivity index (χ2v) is 4.96. The SMILES string of the molecule is Fc1ccc(Cc2nc(Cl)c(Br)c(Cl)n2)c(F)c1. The number of aromatic nitrogens is 2. The minimum atomic E-state index is -0.659. The molecule has 0 amide bonds. The maximum Gasteiger partial charge on any atom is 0.148 e. The van der Waals surface area contributed by atoms with Crippen molar-refractivity contribution >= 4 is 39.1 Å². The van der Waals surface area contributed by atoms with Crippen LogP contribution in [0.25, 0.3) is 0 Å². The third-order valence-electron chi connectivity index (χ3n) is 2.18. The van der Waals surface area contributed by atoms with Crippen LogP contribution in [-0.4, -0.2) is 9.97 Å². The lowest BCUT2D eigenvalue weighted by atomic mass is 10.1. The van der Waals surface area contributed by atoms with Gasteiger partial charge in [0.2, 0.25) is 0 Å². The van der Waals surface area contributed by atoms with E-state index < -0.39 is 11.6 Å². The van der Waals surface area contributed by atoms with Gasteiger partial charge in [0.1, 0.15) is 27.8 Å². The molecule has 2 nitrogen and oxygen atoms in total. The van der Waals surface area contributed by atoms with Gasteiger partial charge in [0.15, 0.2) is 0 Å². The van der Waals surface area contributed by atoms with E-state index in [0.717, 1.165) is 6.07 Å². The van der Waals surface area contributed by atoms with Crippen LogP contribution >= 0.6 is 39.1 Å². The van der Waals surface area contributed by atoms with E-state index in [-0.39, 0.29) is 28.1 Å². The molecule has 1 aromatic heterocycles. The van der Waals surface area contributed by atoms with Crippen molar-refractivity contribution in [3.8, 4) is 0 Å². The molecule has 2 rings (SSSR count). The quantitative estimate of drug-likeness (QED) is 0.747. The summed E-state index contributed by atoms with van der Waals surface area (Å²) in [6, 6.07) is 3.30. The van der Waals surface area contributed by atoms with Gasteiger partial charge in [-0.15, -0.1) is 0 Å². The van der Waals surface area contributed by atoms with Crippen LogP contribution in [0, 0.1) is 11.6 Å². The molecule has 0 aliphatic carbocycles. The number of hydrogen-bond acceptors (Lipinski definition) is 2. The molecule has 0 saturated heterocycles. The molecule has 0 saturated carbocycles. The van der Waals surface area contributed by atoms with E-state index >= 15 is 0 Å². The zero-order valence-electron chi connectivity index (χ0n) is 8.72. The van der Waals surface area contributed by atoms with Gasteiger partial charge in [-0.1, -0.05) is 29.3 Å². The molecule has 0 N–H and O–H groups in total. The fourth-order valence-electron chi connectivity index (χ4n) is 1.35. The molecule has 0 spiro atoms. The summed E-state index contributed by atoms with van der Waals surface area (Å²) in [7, 11) is 0. The van der Waals surface area contributed by atoms with Gasteiger partial charge in [-0.2, -0.15) is 0 Å². The van der Waals surface area contributed by atoms with Gasteiger partial charge in [0, 0.05) is 12.5 Å². The van der Waals surface area contributed by atoms with Crippen molar-refractivity contribution in [1.29, 1.82) is 0 Å². The van der Waals surface area contributed by atoms with Gasteiger partial charge in [-0.3, -0.25) is 0 Å². The minimum Gasteiger partial charge on any atom is -0.220 e. The van der Waals surface area contributed by atoms with Crippen molar-refractivity contribution in [2.75, 3.05) is 0 Å². The smallest absolute Gasteiger partial charge is 0.148 e. The number of halogens is 5. The molecule has 18 heavy (non-hydrogen) atoms. The Morgan fingerprint density at radius 3 is 2.28 bits per heavy atom. The van der Waals surface area contributed by atoms with Crippen LogP contribution in [0.4, 0.5) is 8.78 Å². The van der Waals surface area contributed by atoms with E-state index in [1.54, 1.807) is 0 Å². The van der Waals surface area contributed by atoms with Crippen molar-refractivity contribution in [1.82, 2.24) is 9.97 Å². The summed E-state index contributed by atoms with van der Waals surface area (Å²) in [6.07, 6.45) is 0.0822. The van der Waals surface area contributed by atoms with E-state index in [0.29, 0.717) is 4.47 Å². The largest absolute Gasteiger partial charge is 0.220 e. The fraction of sp³-hybridized carbons (Fsp3) is 0.0909. The van der Waals surface area contributed by atoms with Gasteiger partial charge in [0.25, 0.3) is 0 Å². The highest BCUT2D eigenvalue weighted by molar-refractivity contribution is 9.10. The van der Waals surface area contributed by atoms with Gasteiger partial charge in [0.05, 0.1) is 4.47 Å². The summed E-state index contributed by atoms with van der Waals surface area (Å²) < 4.78 is 26.6. The summed E-state index contributed by atoms with van der Waals surface area (Å²) in [6.45, 7) is 0. The van der Waals surface area contributed by atoms with Crippen molar-refractivity contribution in [2.45, 2.75) is 6.42 Å². The van der Waals surface area contributed by atoms with E-state index in [1.807, 2.05) is 0 Å². The van der Waals surface area contributed by atoms with Crippen molar-refractivity contribution in [2.24, 2.45) is 0 Å². The first-order valence-electron chi connectivity index (χ1n) is 4.78. The zero-order valence-corrected chi connectivity index (χ0v) is 11.8. The Morgan fingerprint density at radius 1 is 1.11 bits per heavy atom. The summed E-state index contributed by atoms with van der Waals surface area (Å²) in [5.74, 6) is -1.03. The van der Waals surface area contributed by atoms with Crippen LogP contribution in [0.15, 0.2) is 22.7 Å². The molecular formula is C11H5BrCl2F2N2. The highest BCUT2D eigenvalue weighted by atomic mass is 79.9.